The number of halogens is 1. The van der Waals surface area contributed by atoms with Gasteiger partial charge in [0.25, 0.3) is 0 Å². The van der Waals surface area contributed by atoms with Gasteiger partial charge in [-0.25, -0.2) is 0 Å². The Morgan fingerprint density at radius 3 is 2.61 bits per heavy atom. The van der Waals surface area contributed by atoms with E-state index in [1.165, 1.54) is 18.0 Å². The van der Waals surface area contributed by atoms with E-state index in [0.717, 1.165) is 15.5 Å². The van der Waals surface area contributed by atoms with E-state index in [-0.39, 0.29) is 5.15 Å². The summed E-state index contributed by atoms with van der Waals surface area (Å²) in [5, 5.41) is 12.0. The molecule has 116 valence electrons. The Bertz CT molecular complexity index is 828. The van der Waals surface area contributed by atoms with Gasteiger partial charge in [-0.05, 0) is 42.8 Å². The van der Waals surface area contributed by atoms with Gasteiger partial charge < -0.3 is 9.94 Å². The summed E-state index contributed by atoms with van der Waals surface area (Å²) in [4.78, 5) is 5.93. The minimum absolute atomic E-state index is 0.00864. The summed E-state index contributed by atoms with van der Waals surface area (Å²) in [7, 11) is 0. The van der Waals surface area contributed by atoms with Crippen LogP contribution in [0.4, 0.5) is 0 Å². The lowest BCUT2D eigenvalue weighted by Crippen LogP contribution is -2.27. The molecular weight excluding hydrogens is 332 g/mol. The van der Waals surface area contributed by atoms with Crippen LogP contribution in [-0.2, 0) is 0 Å². The van der Waals surface area contributed by atoms with Crippen LogP contribution in [0, 0.1) is 12.1 Å². The van der Waals surface area contributed by atoms with Crippen molar-refractivity contribution in [2.45, 2.75) is 16.7 Å². The molecule has 3 rings (SSSR count). The van der Waals surface area contributed by atoms with Crippen LogP contribution < -0.4 is 9.47 Å². The molecule has 0 unspecified atom stereocenters. The summed E-state index contributed by atoms with van der Waals surface area (Å²) in [6, 6.07) is 15.1. The summed E-state index contributed by atoms with van der Waals surface area (Å²) < 4.78 is 6.38. The molecule has 2 heterocycles. The third-order valence-corrected chi connectivity index (χ3v) is 4.39. The Hall–Kier alpha value is -2.24. The highest BCUT2D eigenvalue weighted by Crippen LogP contribution is 2.34. The van der Waals surface area contributed by atoms with Crippen molar-refractivity contribution in [3.05, 3.63) is 77.0 Å². The van der Waals surface area contributed by atoms with Crippen LogP contribution in [0.1, 0.15) is 5.69 Å². The first-order chi connectivity index (χ1) is 11.1. The van der Waals surface area contributed by atoms with Gasteiger partial charge in [0.1, 0.15) is 5.75 Å². The van der Waals surface area contributed by atoms with Gasteiger partial charge in [0.15, 0.2) is 6.20 Å². The normalized spacial score (nSPS) is 10.5. The van der Waals surface area contributed by atoms with E-state index in [1.807, 2.05) is 37.3 Å². The molecule has 3 aromatic rings. The van der Waals surface area contributed by atoms with E-state index >= 15 is 0 Å². The van der Waals surface area contributed by atoms with E-state index in [1.54, 1.807) is 24.4 Å². The van der Waals surface area contributed by atoms with Crippen molar-refractivity contribution < 1.29 is 9.47 Å². The van der Waals surface area contributed by atoms with E-state index < -0.39 is 0 Å². The molecule has 1 aromatic carbocycles. The SMILES string of the molecule is Cc1ncccc1Oc1cc(Sc2ccccc2)c[n+]([O-])c1Cl. The first-order valence-corrected chi connectivity index (χ1v) is 8.08. The second-order valence-electron chi connectivity index (χ2n) is 4.76. The topological polar surface area (TPSA) is 49.1 Å². The van der Waals surface area contributed by atoms with E-state index in [0.29, 0.717) is 16.2 Å². The van der Waals surface area contributed by atoms with E-state index in [2.05, 4.69) is 4.98 Å². The van der Waals surface area contributed by atoms with Gasteiger partial charge in [-0.2, -0.15) is 4.73 Å². The molecule has 0 bridgehead atoms. The van der Waals surface area contributed by atoms with Crippen LogP contribution in [0.5, 0.6) is 11.5 Å². The molecule has 0 atom stereocenters. The van der Waals surface area contributed by atoms with Gasteiger partial charge in [-0.3, -0.25) is 4.98 Å². The van der Waals surface area contributed by atoms with Gasteiger partial charge in [0.05, 0.1) is 10.6 Å². The molecule has 0 aliphatic heterocycles. The highest BCUT2D eigenvalue weighted by atomic mass is 35.5. The number of aromatic nitrogens is 2. The monoisotopic (exact) mass is 344 g/mol. The smallest absolute Gasteiger partial charge is 0.329 e. The van der Waals surface area contributed by atoms with Crippen molar-refractivity contribution in [3.8, 4) is 11.5 Å². The summed E-state index contributed by atoms with van der Waals surface area (Å²) in [5.74, 6) is 0.870. The van der Waals surface area contributed by atoms with Gasteiger partial charge in [-0.1, -0.05) is 30.0 Å². The number of aryl methyl sites for hydroxylation is 1. The number of benzene rings is 1. The summed E-state index contributed by atoms with van der Waals surface area (Å²) in [6.07, 6.45) is 3.11. The van der Waals surface area contributed by atoms with Gasteiger partial charge >= 0.3 is 5.15 Å². The standard InChI is InChI=1S/C17H13ClN2O2S/c1-12-15(8-5-9-19-12)22-16-10-14(11-20(21)17(16)18)23-13-6-3-2-4-7-13/h2-11H,1H3. The highest BCUT2D eigenvalue weighted by Gasteiger charge is 2.16. The number of hydrogen-bond donors (Lipinski definition) is 0. The van der Waals surface area contributed by atoms with Gasteiger partial charge in [-0.15, -0.1) is 0 Å². The maximum absolute atomic E-state index is 12.0. The second-order valence-corrected chi connectivity index (χ2v) is 6.27. The van der Waals surface area contributed by atoms with Crippen molar-refractivity contribution in [1.82, 2.24) is 4.98 Å². The molecule has 0 radical (unpaired) electrons. The fraction of sp³-hybridized carbons (Fsp3) is 0.0588. The second kappa shape index (κ2) is 6.89. The number of ether oxygens (including phenoxy) is 1. The molecule has 0 amide bonds. The molecule has 2 aromatic heterocycles. The van der Waals surface area contributed by atoms with Crippen LogP contribution in [0.15, 0.2) is 70.7 Å². The van der Waals surface area contributed by atoms with Crippen LogP contribution >= 0.6 is 23.4 Å². The van der Waals surface area contributed by atoms with Crippen molar-refractivity contribution in [3.63, 3.8) is 0 Å². The van der Waals surface area contributed by atoms with Crippen LogP contribution in [-0.4, -0.2) is 4.98 Å². The Kier molecular flexibility index (Phi) is 4.69. The minimum Gasteiger partial charge on any atom is -0.618 e. The number of pyridine rings is 2. The minimum atomic E-state index is -0.00864. The summed E-state index contributed by atoms with van der Waals surface area (Å²) in [6.45, 7) is 1.83. The highest BCUT2D eigenvalue weighted by molar-refractivity contribution is 7.99. The Balaban J connectivity index is 1.92. The third kappa shape index (κ3) is 3.75. The summed E-state index contributed by atoms with van der Waals surface area (Å²) >= 11 is 7.53. The first-order valence-electron chi connectivity index (χ1n) is 6.88. The molecular formula is C17H13ClN2O2S. The molecule has 0 aliphatic rings. The first kappa shape index (κ1) is 15.6. The lowest BCUT2D eigenvalue weighted by molar-refractivity contribution is -0.605. The van der Waals surface area contributed by atoms with Crippen LogP contribution in [0.2, 0.25) is 5.15 Å². The van der Waals surface area contributed by atoms with Crippen LogP contribution in [0.3, 0.4) is 0 Å². The maximum Gasteiger partial charge on any atom is 0.329 e. The quantitative estimate of drug-likeness (QED) is 0.393. The average Bonchev–Trinajstić information content (AvgIpc) is 2.55. The molecule has 23 heavy (non-hydrogen) atoms. The Morgan fingerprint density at radius 2 is 1.87 bits per heavy atom. The summed E-state index contributed by atoms with van der Waals surface area (Å²) in [5.41, 5.74) is 0.724. The largest absolute Gasteiger partial charge is 0.618 e. The molecule has 0 saturated heterocycles. The Morgan fingerprint density at radius 1 is 1.09 bits per heavy atom. The van der Waals surface area contributed by atoms with Crippen molar-refractivity contribution in [1.29, 1.82) is 0 Å². The number of hydrogen-bond acceptors (Lipinski definition) is 4. The van der Waals surface area contributed by atoms with Crippen molar-refractivity contribution in [2.24, 2.45) is 0 Å². The zero-order valence-electron chi connectivity index (χ0n) is 12.3. The Labute approximate surface area is 143 Å². The molecule has 0 aliphatic carbocycles. The van der Waals surface area contributed by atoms with Crippen molar-refractivity contribution >= 4 is 23.4 Å². The predicted octanol–water partition coefficient (Wildman–Crippen LogP) is 4.62. The van der Waals surface area contributed by atoms with Crippen molar-refractivity contribution in [2.75, 3.05) is 0 Å². The molecule has 0 fully saturated rings. The lowest BCUT2D eigenvalue weighted by Gasteiger charge is -2.10. The molecule has 0 spiro atoms. The zero-order chi connectivity index (χ0) is 16.2. The number of rotatable bonds is 4. The fourth-order valence-electron chi connectivity index (χ4n) is 1.95. The molecule has 6 heteroatoms. The predicted molar refractivity (Wildman–Crippen MR) is 90.0 cm³/mol. The molecule has 0 N–H and O–H groups in total. The molecule has 0 saturated carbocycles. The van der Waals surface area contributed by atoms with E-state index in [9.17, 15) is 5.21 Å². The molecule has 4 nitrogen and oxygen atoms in total. The zero-order valence-corrected chi connectivity index (χ0v) is 13.8. The third-order valence-electron chi connectivity index (χ3n) is 3.07. The van der Waals surface area contributed by atoms with Gasteiger partial charge in [0, 0.05) is 17.2 Å². The lowest BCUT2D eigenvalue weighted by atomic mass is 10.3. The fourth-order valence-corrected chi connectivity index (χ4v) is 2.98. The van der Waals surface area contributed by atoms with Crippen LogP contribution in [0.25, 0.3) is 0 Å². The van der Waals surface area contributed by atoms with Gasteiger partial charge in [0.2, 0.25) is 5.75 Å². The van der Waals surface area contributed by atoms with E-state index in [4.69, 9.17) is 16.3 Å². The maximum atomic E-state index is 12.0. The average molecular weight is 345 g/mol. The number of nitrogens with zero attached hydrogens (tertiary/aromatic N) is 2.